The van der Waals surface area contributed by atoms with Gasteiger partial charge < -0.3 is 5.32 Å². The number of rotatable bonds is 1. The van der Waals surface area contributed by atoms with Crippen molar-refractivity contribution in [2.75, 3.05) is 6.54 Å². The Morgan fingerprint density at radius 2 is 1.93 bits per heavy atom. The molecule has 3 aliphatic rings. The summed E-state index contributed by atoms with van der Waals surface area (Å²) >= 11 is 0. The Bertz CT molecular complexity index is 319. The lowest BCUT2D eigenvalue weighted by Gasteiger charge is -2.50. The Kier molecular flexibility index (Phi) is 1.82. The van der Waals surface area contributed by atoms with Crippen molar-refractivity contribution in [3.8, 4) is 0 Å². The van der Waals surface area contributed by atoms with E-state index >= 15 is 0 Å². The highest BCUT2D eigenvalue weighted by Gasteiger charge is 2.52. The van der Waals surface area contributed by atoms with Crippen LogP contribution in [0.5, 0.6) is 0 Å². The van der Waals surface area contributed by atoms with Gasteiger partial charge in [0, 0.05) is 12.6 Å². The van der Waals surface area contributed by atoms with E-state index < -0.39 is 0 Å². The first-order valence-corrected chi connectivity index (χ1v) is 5.84. The van der Waals surface area contributed by atoms with Crippen LogP contribution in [0.4, 0.5) is 4.79 Å². The molecule has 1 aliphatic heterocycles. The average Bonchev–Trinajstić information content (AvgIpc) is 2.06. The van der Waals surface area contributed by atoms with Crippen molar-refractivity contribution in [3.63, 3.8) is 0 Å². The first-order chi connectivity index (χ1) is 7.23. The van der Waals surface area contributed by atoms with E-state index in [0.717, 1.165) is 38.5 Å². The summed E-state index contributed by atoms with van der Waals surface area (Å²) < 4.78 is 0. The van der Waals surface area contributed by atoms with Gasteiger partial charge in [-0.3, -0.25) is 9.69 Å². The van der Waals surface area contributed by atoms with Crippen molar-refractivity contribution in [2.24, 2.45) is 5.41 Å². The highest BCUT2D eigenvalue weighted by atomic mass is 16.2. The van der Waals surface area contributed by atoms with Crippen LogP contribution in [0.15, 0.2) is 0 Å². The second kappa shape index (κ2) is 2.97. The van der Waals surface area contributed by atoms with Crippen LogP contribution in [0.25, 0.3) is 0 Å². The molecule has 15 heavy (non-hydrogen) atoms. The van der Waals surface area contributed by atoms with Crippen LogP contribution < -0.4 is 5.32 Å². The minimum absolute atomic E-state index is 0.0993. The predicted molar refractivity (Wildman–Crippen MR) is 54.2 cm³/mol. The van der Waals surface area contributed by atoms with Gasteiger partial charge in [-0.1, -0.05) is 6.42 Å². The Balaban J connectivity index is 1.83. The molecule has 0 aromatic rings. The zero-order valence-electron chi connectivity index (χ0n) is 8.79. The number of hydrogen-bond donors (Lipinski definition) is 1. The Labute approximate surface area is 89.0 Å². The van der Waals surface area contributed by atoms with Gasteiger partial charge in [0.15, 0.2) is 0 Å². The molecule has 0 aromatic heterocycles. The van der Waals surface area contributed by atoms with Crippen molar-refractivity contribution in [1.29, 1.82) is 0 Å². The van der Waals surface area contributed by atoms with Gasteiger partial charge >= 0.3 is 6.03 Å². The highest BCUT2D eigenvalue weighted by Crippen LogP contribution is 2.45. The second-order valence-corrected chi connectivity index (χ2v) is 5.05. The van der Waals surface area contributed by atoms with Crippen LogP contribution in [-0.2, 0) is 4.79 Å². The highest BCUT2D eigenvalue weighted by molar-refractivity contribution is 6.01. The van der Waals surface area contributed by atoms with Crippen LogP contribution in [0.1, 0.15) is 38.5 Å². The van der Waals surface area contributed by atoms with E-state index in [4.69, 9.17) is 0 Å². The first-order valence-electron chi connectivity index (χ1n) is 5.84. The lowest BCUT2D eigenvalue weighted by molar-refractivity contribution is -0.149. The molecule has 1 heterocycles. The number of carbonyl (C=O) groups is 2. The zero-order valence-corrected chi connectivity index (χ0v) is 8.79. The quantitative estimate of drug-likeness (QED) is 0.705. The topological polar surface area (TPSA) is 49.4 Å². The summed E-state index contributed by atoms with van der Waals surface area (Å²) in [4.78, 5) is 25.4. The molecule has 0 unspecified atom stereocenters. The summed E-state index contributed by atoms with van der Waals surface area (Å²) in [5.74, 6) is 0.0993. The van der Waals surface area contributed by atoms with Crippen molar-refractivity contribution in [2.45, 2.75) is 44.6 Å². The van der Waals surface area contributed by atoms with Crippen molar-refractivity contribution < 1.29 is 9.59 Å². The average molecular weight is 208 g/mol. The number of urea groups is 1. The van der Waals surface area contributed by atoms with E-state index in [1.54, 1.807) is 0 Å². The molecular formula is C11H16N2O2. The van der Waals surface area contributed by atoms with Gasteiger partial charge in [0.25, 0.3) is 0 Å². The molecule has 4 nitrogen and oxygen atoms in total. The summed E-state index contributed by atoms with van der Waals surface area (Å²) in [7, 11) is 0. The third kappa shape index (κ3) is 1.13. The van der Waals surface area contributed by atoms with Crippen LogP contribution >= 0.6 is 0 Å². The molecule has 3 amide bonds. The number of nitrogens with one attached hydrogen (secondary N) is 1. The van der Waals surface area contributed by atoms with Crippen molar-refractivity contribution in [3.05, 3.63) is 0 Å². The third-order valence-electron chi connectivity index (χ3n) is 4.22. The minimum atomic E-state index is -0.219. The number of hydrogen-bond acceptors (Lipinski definition) is 2. The number of carbonyl (C=O) groups excluding carboxylic acids is 2. The van der Waals surface area contributed by atoms with Crippen LogP contribution in [-0.4, -0.2) is 29.4 Å². The van der Waals surface area contributed by atoms with Gasteiger partial charge in [-0.15, -0.1) is 0 Å². The minimum Gasteiger partial charge on any atom is -0.337 e. The van der Waals surface area contributed by atoms with Crippen molar-refractivity contribution >= 4 is 11.9 Å². The standard InChI is InChI=1S/C11H16N2O2/c14-9-11(5-2-6-11)7-12-10(15)13(9)8-3-1-4-8/h8H,1-7H2,(H,12,15). The first kappa shape index (κ1) is 9.19. The maximum atomic E-state index is 12.2. The molecule has 1 N–H and O–H groups in total. The van der Waals surface area contributed by atoms with E-state index in [2.05, 4.69) is 5.32 Å². The Hall–Kier alpha value is -1.06. The molecule has 1 saturated heterocycles. The van der Waals surface area contributed by atoms with Gasteiger partial charge in [-0.05, 0) is 32.1 Å². The SMILES string of the molecule is O=C1NCC2(CCC2)C(=O)N1C1CCC1. The van der Waals surface area contributed by atoms with Crippen LogP contribution in [0.3, 0.4) is 0 Å². The van der Waals surface area contributed by atoms with Gasteiger partial charge in [-0.25, -0.2) is 4.79 Å². The fourth-order valence-corrected chi connectivity index (χ4v) is 2.72. The van der Waals surface area contributed by atoms with E-state index in [1.165, 1.54) is 4.90 Å². The number of amides is 3. The van der Waals surface area contributed by atoms with E-state index in [-0.39, 0.29) is 23.4 Å². The molecule has 4 heteroatoms. The molecule has 2 saturated carbocycles. The smallest absolute Gasteiger partial charge is 0.324 e. The summed E-state index contributed by atoms with van der Waals surface area (Å²) in [5.41, 5.74) is -0.219. The number of nitrogens with zero attached hydrogens (tertiary/aromatic N) is 1. The number of imide groups is 1. The maximum Gasteiger partial charge on any atom is 0.324 e. The molecule has 0 bridgehead atoms. The van der Waals surface area contributed by atoms with E-state index in [0.29, 0.717) is 6.54 Å². The lowest BCUT2D eigenvalue weighted by atomic mass is 9.66. The van der Waals surface area contributed by atoms with Gasteiger partial charge in [0.2, 0.25) is 5.91 Å². The third-order valence-corrected chi connectivity index (χ3v) is 4.22. The predicted octanol–water partition coefficient (Wildman–Crippen LogP) is 1.26. The van der Waals surface area contributed by atoms with E-state index in [1.807, 2.05) is 0 Å². The second-order valence-electron chi connectivity index (χ2n) is 5.05. The monoisotopic (exact) mass is 208 g/mol. The zero-order chi connectivity index (χ0) is 10.5. The maximum absolute atomic E-state index is 12.2. The normalized spacial score (nSPS) is 29.7. The Morgan fingerprint density at radius 3 is 2.40 bits per heavy atom. The van der Waals surface area contributed by atoms with Crippen molar-refractivity contribution in [1.82, 2.24) is 10.2 Å². The molecule has 3 rings (SSSR count). The molecular weight excluding hydrogens is 192 g/mol. The lowest BCUT2D eigenvalue weighted by Crippen LogP contribution is -2.66. The van der Waals surface area contributed by atoms with Crippen LogP contribution in [0.2, 0.25) is 0 Å². The summed E-state index contributed by atoms with van der Waals surface area (Å²) in [6.07, 6.45) is 6.17. The van der Waals surface area contributed by atoms with Gasteiger partial charge in [-0.2, -0.15) is 0 Å². The van der Waals surface area contributed by atoms with E-state index in [9.17, 15) is 9.59 Å². The van der Waals surface area contributed by atoms with Crippen LogP contribution in [0, 0.1) is 5.41 Å². The summed E-state index contributed by atoms with van der Waals surface area (Å²) in [6.45, 7) is 0.563. The van der Waals surface area contributed by atoms with Gasteiger partial charge in [0.05, 0.1) is 5.41 Å². The molecule has 0 atom stereocenters. The molecule has 2 aliphatic carbocycles. The summed E-state index contributed by atoms with van der Waals surface area (Å²) in [6, 6.07) is 0.0255. The fraction of sp³-hybridized carbons (Fsp3) is 0.818. The van der Waals surface area contributed by atoms with Gasteiger partial charge in [0.1, 0.15) is 0 Å². The Morgan fingerprint density at radius 1 is 1.20 bits per heavy atom. The molecule has 1 spiro atoms. The molecule has 0 aromatic carbocycles. The molecule has 82 valence electrons. The largest absolute Gasteiger partial charge is 0.337 e. The summed E-state index contributed by atoms with van der Waals surface area (Å²) in [5, 5.41) is 2.87. The molecule has 0 radical (unpaired) electrons. The molecule has 3 fully saturated rings. The fourth-order valence-electron chi connectivity index (χ4n) is 2.72.